The average Bonchev–Trinajstić information content (AvgIpc) is 2.47. The zero-order valence-electron chi connectivity index (χ0n) is 11.7. The summed E-state index contributed by atoms with van der Waals surface area (Å²) >= 11 is 0. The molecule has 1 aromatic heterocycles. The normalized spacial score (nSPS) is 18.1. The highest BCUT2D eigenvalue weighted by Gasteiger charge is 2.31. The van der Waals surface area contributed by atoms with Gasteiger partial charge in [0, 0.05) is 56.9 Å². The maximum atomic E-state index is 10.6. The highest BCUT2D eigenvalue weighted by Crippen LogP contribution is 2.28. The number of anilines is 1. The second kappa shape index (κ2) is 5.38. The van der Waals surface area contributed by atoms with E-state index in [9.17, 15) is 5.11 Å². The van der Waals surface area contributed by atoms with Gasteiger partial charge < -0.3 is 14.7 Å². The van der Waals surface area contributed by atoms with Crippen LogP contribution in [0.4, 0.5) is 5.69 Å². The fourth-order valence-corrected chi connectivity index (χ4v) is 2.85. The molecule has 1 N–H and O–H groups in total. The van der Waals surface area contributed by atoms with E-state index in [2.05, 4.69) is 16.0 Å². The molecular formula is C16H20N2O2. The van der Waals surface area contributed by atoms with E-state index < -0.39 is 5.60 Å². The number of ether oxygens (including phenoxy) is 1. The summed E-state index contributed by atoms with van der Waals surface area (Å²) in [4.78, 5) is 6.50. The summed E-state index contributed by atoms with van der Waals surface area (Å²) in [6.45, 7) is 1.90. The number of nitrogens with zero attached hydrogens (tertiary/aromatic N) is 2. The van der Waals surface area contributed by atoms with Crippen molar-refractivity contribution >= 4 is 16.6 Å². The highest BCUT2D eigenvalue weighted by atomic mass is 16.5. The fourth-order valence-electron chi connectivity index (χ4n) is 2.85. The molecule has 0 spiro atoms. The minimum absolute atomic E-state index is 0.615. The summed E-state index contributed by atoms with van der Waals surface area (Å²) in [6.07, 6.45) is 3.21. The molecule has 0 amide bonds. The Labute approximate surface area is 119 Å². The van der Waals surface area contributed by atoms with Crippen LogP contribution in [0.15, 0.2) is 36.5 Å². The van der Waals surface area contributed by atoms with Gasteiger partial charge in [-0.2, -0.15) is 0 Å². The molecule has 0 bridgehead atoms. The third-order valence-electron chi connectivity index (χ3n) is 3.99. The molecule has 0 saturated carbocycles. The minimum Gasteiger partial charge on any atom is -0.388 e. The van der Waals surface area contributed by atoms with Crippen molar-refractivity contribution in [2.24, 2.45) is 0 Å². The monoisotopic (exact) mass is 272 g/mol. The van der Waals surface area contributed by atoms with Gasteiger partial charge in [-0.15, -0.1) is 0 Å². The van der Waals surface area contributed by atoms with E-state index >= 15 is 0 Å². The van der Waals surface area contributed by atoms with Crippen molar-refractivity contribution in [1.82, 2.24) is 4.98 Å². The van der Waals surface area contributed by atoms with Crippen LogP contribution in [-0.4, -0.2) is 42.5 Å². The van der Waals surface area contributed by atoms with E-state index in [0.29, 0.717) is 32.6 Å². The van der Waals surface area contributed by atoms with Gasteiger partial charge in [-0.25, -0.2) is 0 Å². The predicted octanol–water partition coefficient (Wildman–Crippen LogP) is 2.21. The van der Waals surface area contributed by atoms with Gasteiger partial charge in [-0.3, -0.25) is 4.98 Å². The molecule has 2 aromatic rings. The summed E-state index contributed by atoms with van der Waals surface area (Å²) in [5, 5.41) is 11.8. The van der Waals surface area contributed by atoms with Crippen molar-refractivity contribution in [2.45, 2.75) is 18.4 Å². The molecule has 1 fully saturated rings. The highest BCUT2D eigenvalue weighted by molar-refractivity contribution is 5.91. The molecule has 1 aromatic carbocycles. The molecule has 3 rings (SSSR count). The zero-order valence-corrected chi connectivity index (χ0v) is 11.7. The topological polar surface area (TPSA) is 45.6 Å². The first-order valence-electron chi connectivity index (χ1n) is 7.03. The Kier molecular flexibility index (Phi) is 3.59. The van der Waals surface area contributed by atoms with Crippen molar-refractivity contribution in [3.63, 3.8) is 0 Å². The SMILES string of the molecule is CN(CC1(O)CCOCC1)c1ccnc2ccccc12. The molecule has 106 valence electrons. The number of pyridine rings is 1. The largest absolute Gasteiger partial charge is 0.388 e. The number of likely N-dealkylation sites (N-methyl/N-ethyl adjacent to an activating group) is 1. The first kappa shape index (κ1) is 13.3. The van der Waals surface area contributed by atoms with Gasteiger partial charge in [0.1, 0.15) is 0 Å². The summed E-state index contributed by atoms with van der Waals surface area (Å²) in [5.41, 5.74) is 1.43. The Morgan fingerprint density at radius 2 is 2.00 bits per heavy atom. The van der Waals surface area contributed by atoms with E-state index in [1.54, 1.807) is 0 Å². The van der Waals surface area contributed by atoms with Gasteiger partial charge in [0.2, 0.25) is 0 Å². The Balaban J connectivity index is 1.87. The maximum absolute atomic E-state index is 10.6. The summed E-state index contributed by atoms with van der Waals surface area (Å²) in [5.74, 6) is 0. The lowest BCUT2D eigenvalue weighted by molar-refractivity contribution is -0.0572. The number of hydrogen-bond acceptors (Lipinski definition) is 4. The first-order valence-corrected chi connectivity index (χ1v) is 7.03. The lowest BCUT2D eigenvalue weighted by Gasteiger charge is -2.36. The quantitative estimate of drug-likeness (QED) is 0.930. The fraction of sp³-hybridized carbons (Fsp3) is 0.438. The second-order valence-corrected chi connectivity index (χ2v) is 5.54. The molecule has 4 heteroatoms. The van der Waals surface area contributed by atoms with Gasteiger partial charge in [0.25, 0.3) is 0 Å². The van der Waals surface area contributed by atoms with E-state index in [4.69, 9.17) is 4.74 Å². The van der Waals surface area contributed by atoms with Crippen molar-refractivity contribution < 1.29 is 9.84 Å². The van der Waals surface area contributed by atoms with Crippen LogP contribution in [0.2, 0.25) is 0 Å². The van der Waals surface area contributed by atoms with Crippen molar-refractivity contribution in [3.05, 3.63) is 36.5 Å². The molecule has 0 atom stereocenters. The Morgan fingerprint density at radius 1 is 1.25 bits per heavy atom. The van der Waals surface area contributed by atoms with Gasteiger partial charge in [-0.05, 0) is 12.1 Å². The molecule has 1 aliphatic rings. The molecule has 2 heterocycles. The molecular weight excluding hydrogens is 252 g/mol. The van der Waals surface area contributed by atoms with Gasteiger partial charge in [0.05, 0.1) is 11.1 Å². The van der Waals surface area contributed by atoms with Crippen LogP contribution in [0.25, 0.3) is 10.9 Å². The van der Waals surface area contributed by atoms with Gasteiger partial charge in [0.15, 0.2) is 0 Å². The third-order valence-corrected chi connectivity index (χ3v) is 3.99. The zero-order chi connectivity index (χ0) is 14.0. The third kappa shape index (κ3) is 2.62. The maximum Gasteiger partial charge on any atom is 0.0865 e. The van der Waals surface area contributed by atoms with Crippen LogP contribution in [0.1, 0.15) is 12.8 Å². The molecule has 0 aliphatic carbocycles. The van der Waals surface area contributed by atoms with Crippen LogP contribution in [-0.2, 0) is 4.74 Å². The van der Waals surface area contributed by atoms with Crippen LogP contribution in [0.5, 0.6) is 0 Å². The Hall–Kier alpha value is -1.65. The van der Waals surface area contributed by atoms with Crippen LogP contribution in [0.3, 0.4) is 0 Å². The number of rotatable bonds is 3. The van der Waals surface area contributed by atoms with E-state index in [1.165, 1.54) is 0 Å². The van der Waals surface area contributed by atoms with Crippen molar-refractivity contribution in [3.8, 4) is 0 Å². The first-order chi connectivity index (χ1) is 9.68. The Bertz CT molecular complexity index is 589. The number of benzene rings is 1. The summed E-state index contributed by atoms with van der Waals surface area (Å²) in [7, 11) is 2.02. The number of hydrogen-bond donors (Lipinski definition) is 1. The molecule has 20 heavy (non-hydrogen) atoms. The standard InChI is InChI=1S/C16H20N2O2/c1-18(12-16(19)7-10-20-11-8-16)15-6-9-17-14-5-3-2-4-13(14)15/h2-6,9,19H,7-8,10-12H2,1H3. The second-order valence-electron chi connectivity index (χ2n) is 5.54. The molecule has 1 saturated heterocycles. The van der Waals surface area contributed by atoms with Crippen LogP contribution >= 0.6 is 0 Å². The number of para-hydroxylation sites is 1. The predicted molar refractivity (Wildman–Crippen MR) is 80.0 cm³/mol. The smallest absolute Gasteiger partial charge is 0.0865 e. The molecule has 0 unspecified atom stereocenters. The summed E-state index contributed by atoms with van der Waals surface area (Å²) in [6, 6.07) is 10.1. The summed E-state index contributed by atoms with van der Waals surface area (Å²) < 4.78 is 5.33. The van der Waals surface area contributed by atoms with Crippen molar-refractivity contribution in [1.29, 1.82) is 0 Å². The minimum atomic E-state index is -0.655. The van der Waals surface area contributed by atoms with E-state index in [1.807, 2.05) is 37.5 Å². The number of fused-ring (bicyclic) bond motifs is 1. The van der Waals surface area contributed by atoms with Gasteiger partial charge in [-0.1, -0.05) is 18.2 Å². The molecule has 1 aliphatic heterocycles. The average molecular weight is 272 g/mol. The number of aliphatic hydroxyl groups is 1. The van der Waals surface area contributed by atoms with E-state index in [-0.39, 0.29) is 0 Å². The number of aromatic nitrogens is 1. The lowest BCUT2D eigenvalue weighted by Crippen LogP contribution is -2.45. The Morgan fingerprint density at radius 3 is 2.80 bits per heavy atom. The molecule has 4 nitrogen and oxygen atoms in total. The van der Waals surface area contributed by atoms with Crippen LogP contribution < -0.4 is 4.90 Å². The van der Waals surface area contributed by atoms with Crippen LogP contribution in [0, 0.1) is 0 Å². The molecule has 0 radical (unpaired) electrons. The van der Waals surface area contributed by atoms with Gasteiger partial charge >= 0.3 is 0 Å². The van der Waals surface area contributed by atoms with E-state index in [0.717, 1.165) is 16.6 Å². The lowest BCUT2D eigenvalue weighted by atomic mass is 9.93. The van der Waals surface area contributed by atoms with Crippen molar-refractivity contribution in [2.75, 3.05) is 31.7 Å².